The Morgan fingerprint density at radius 1 is 1.45 bits per heavy atom. The Bertz CT molecular complexity index is 696. The minimum atomic E-state index is -0.906. The lowest BCUT2D eigenvalue weighted by Crippen LogP contribution is -2.00. The number of rotatable bonds is 3. The van der Waals surface area contributed by atoms with E-state index in [1.807, 2.05) is 0 Å². The van der Waals surface area contributed by atoms with Crippen LogP contribution in [0.15, 0.2) is 18.5 Å². The molecular weight excluding hydrogens is 291 g/mol. The number of aromatic nitrogens is 2. The van der Waals surface area contributed by atoms with Gasteiger partial charge in [0.15, 0.2) is 16.7 Å². The van der Waals surface area contributed by atoms with E-state index in [-0.39, 0.29) is 33.7 Å². The molecule has 0 atom stereocenters. The van der Waals surface area contributed by atoms with E-state index < -0.39 is 10.7 Å². The van der Waals surface area contributed by atoms with Gasteiger partial charge in [-0.05, 0) is 13.0 Å². The highest BCUT2D eigenvalue weighted by Crippen LogP contribution is 2.33. The molecule has 0 aliphatic carbocycles. The molecule has 1 heterocycles. The number of nitrogens with zero attached hydrogens (tertiary/aromatic N) is 3. The first-order valence-corrected chi connectivity index (χ1v) is 5.66. The fourth-order valence-corrected chi connectivity index (χ4v) is 1.59. The van der Waals surface area contributed by atoms with Crippen molar-refractivity contribution in [3.8, 4) is 11.6 Å². The molecule has 9 heteroatoms. The second-order valence-electron chi connectivity index (χ2n) is 3.81. The van der Waals surface area contributed by atoms with Gasteiger partial charge in [0.25, 0.3) is 5.69 Å². The quantitative estimate of drug-likeness (QED) is 0.531. The van der Waals surface area contributed by atoms with Crippen molar-refractivity contribution in [2.24, 2.45) is 0 Å². The van der Waals surface area contributed by atoms with Gasteiger partial charge in [-0.3, -0.25) is 10.1 Å². The van der Waals surface area contributed by atoms with E-state index in [1.54, 1.807) is 0 Å². The third kappa shape index (κ3) is 2.59. The van der Waals surface area contributed by atoms with Crippen LogP contribution in [0.25, 0.3) is 0 Å². The summed E-state index contributed by atoms with van der Waals surface area (Å²) in [5.74, 6) is -1.27. The van der Waals surface area contributed by atoms with Gasteiger partial charge in [-0.25, -0.2) is 9.37 Å². The van der Waals surface area contributed by atoms with Crippen molar-refractivity contribution in [2.75, 3.05) is 5.73 Å². The smallest absolute Gasteiger partial charge is 0.275 e. The van der Waals surface area contributed by atoms with Crippen molar-refractivity contribution in [3.63, 3.8) is 0 Å². The molecule has 0 saturated heterocycles. The highest BCUT2D eigenvalue weighted by molar-refractivity contribution is 6.32. The largest absolute Gasteiger partial charge is 0.434 e. The van der Waals surface area contributed by atoms with Crippen LogP contribution in [-0.2, 0) is 0 Å². The first-order chi connectivity index (χ1) is 9.40. The normalized spacial score (nSPS) is 10.3. The Balaban J connectivity index is 2.42. The topological polar surface area (TPSA) is 104 Å². The van der Waals surface area contributed by atoms with E-state index >= 15 is 0 Å². The van der Waals surface area contributed by atoms with Gasteiger partial charge < -0.3 is 10.5 Å². The maximum Gasteiger partial charge on any atom is 0.275 e. The van der Waals surface area contributed by atoms with E-state index in [4.69, 9.17) is 22.1 Å². The molecule has 0 saturated carbocycles. The predicted molar refractivity (Wildman–Crippen MR) is 69.3 cm³/mol. The summed E-state index contributed by atoms with van der Waals surface area (Å²) in [4.78, 5) is 17.3. The first-order valence-electron chi connectivity index (χ1n) is 5.28. The number of nitrogens with two attached hydrogens (primary N) is 1. The molecular formula is C11H8ClFN4O3. The number of anilines is 1. The van der Waals surface area contributed by atoms with Crippen LogP contribution in [0.4, 0.5) is 15.8 Å². The van der Waals surface area contributed by atoms with Crippen molar-refractivity contribution >= 4 is 23.0 Å². The standard InChI is InChI=1S/C11H8ClFN4O3/c1-5-2-8(6(13)3-7(5)17(18)19)20-11-9(14)10(12)15-4-16-11/h2-4H,14H2,1H3. The van der Waals surface area contributed by atoms with E-state index in [1.165, 1.54) is 13.0 Å². The number of benzene rings is 1. The molecule has 0 bridgehead atoms. The fraction of sp³-hybridized carbons (Fsp3) is 0.0909. The predicted octanol–water partition coefficient (Wildman–Crippen LogP) is 2.86. The molecule has 7 nitrogen and oxygen atoms in total. The number of hydrogen-bond donors (Lipinski definition) is 1. The third-order valence-electron chi connectivity index (χ3n) is 2.45. The molecule has 2 rings (SSSR count). The molecule has 0 aliphatic heterocycles. The summed E-state index contributed by atoms with van der Waals surface area (Å²) < 4.78 is 18.9. The maximum atomic E-state index is 13.8. The number of nitrogen functional groups attached to an aromatic ring is 1. The summed E-state index contributed by atoms with van der Waals surface area (Å²) in [7, 11) is 0. The van der Waals surface area contributed by atoms with Crippen LogP contribution in [0.5, 0.6) is 11.6 Å². The van der Waals surface area contributed by atoms with Crippen molar-refractivity contribution in [1.82, 2.24) is 9.97 Å². The number of hydrogen-bond acceptors (Lipinski definition) is 6. The Morgan fingerprint density at radius 3 is 2.80 bits per heavy atom. The fourth-order valence-electron chi connectivity index (χ4n) is 1.46. The molecule has 20 heavy (non-hydrogen) atoms. The molecule has 0 aliphatic rings. The van der Waals surface area contributed by atoms with Crippen molar-refractivity contribution < 1.29 is 14.1 Å². The van der Waals surface area contributed by atoms with E-state index in [0.717, 1.165) is 12.4 Å². The van der Waals surface area contributed by atoms with Gasteiger partial charge in [0.05, 0.1) is 11.0 Å². The summed E-state index contributed by atoms with van der Waals surface area (Å²) in [6, 6.07) is 1.95. The Kier molecular flexibility index (Phi) is 3.66. The molecule has 2 aromatic rings. The summed E-state index contributed by atoms with van der Waals surface area (Å²) >= 11 is 5.68. The molecule has 1 aromatic carbocycles. The van der Waals surface area contributed by atoms with Crippen molar-refractivity contribution in [3.05, 3.63) is 45.1 Å². The van der Waals surface area contributed by atoms with E-state index in [9.17, 15) is 14.5 Å². The second kappa shape index (κ2) is 5.25. The molecule has 0 amide bonds. The van der Waals surface area contributed by atoms with E-state index in [0.29, 0.717) is 0 Å². The molecule has 2 N–H and O–H groups in total. The number of halogens is 2. The van der Waals surface area contributed by atoms with Crippen LogP contribution < -0.4 is 10.5 Å². The first kappa shape index (κ1) is 13.9. The van der Waals surface area contributed by atoms with Gasteiger partial charge in [0, 0.05) is 5.56 Å². The molecule has 0 unspecified atom stereocenters. The average molecular weight is 299 g/mol. The van der Waals surface area contributed by atoms with Gasteiger partial charge in [-0.2, -0.15) is 4.98 Å². The lowest BCUT2D eigenvalue weighted by molar-refractivity contribution is -0.385. The number of ether oxygens (including phenoxy) is 1. The summed E-state index contributed by atoms with van der Waals surface area (Å²) in [6.45, 7) is 1.46. The number of nitro benzene ring substituents is 1. The van der Waals surface area contributed by atoms with Gasteiger partial charge in [0.2, 0.25) is 5.88 Å². The van der Waals surface area contributed by atoms with Gasteiger partial charge >= 0.3 is 0 Å². The summed E-state index contributed by atoms with van der Waals surface area (Å²) in [5.41, 5.74) is 5.43. The SMILES string of the molecule is Cc1cc(Oc2ncnc(Cl)c2N)c(F)cc1[N+](=O)[O-]. The highest BCUT2D eigenvalue weighted by Gasteiger charge is 2.18. The average Bonchev–Trinajstić information content (AvgIpc) is 2.38. The molecule has 0 fully saturated rings. The van der Waals surface area contributed by atoms with Gasteiger partial charge in [-0.1, -0.05) is 11.6 Å². The Labute approximate surface area is 117 Å². The van der Waals surface area contributed by atoms with Gasteiger partial charge in [-0.15, -0.1) is 0 Å². The van der Waals surface area contributed by atoms with Crippen LogP contribution in [0, 0.1) is 22.9 Å². The zero-order valence-electron chi connectivity index (χ0n) is 10.1. The zero-order valence-corrected chi connectivity index (χ0v) is 10.9. The molecule has 0 spiro atoms. The summed E-state index contributed by atoms with van der Waals surface area (Å²) in [6.07, 6.45) is 1.10. The Morgan fingerprint density at radius 2 is 2.15 bits per heavy atom. The minimum Gasteiger partial charge on any atom is -0.434 e. The van der Waals surface area contributed by atoms with Crippen molar-refractivity contribution in [1.29, 1.82) is 0 Å². The zero-order chi connectivity index (χ0) is 14.9. The highest BCUT2D eigenvalue weighted by atomic mass is 35.5. The van der Waals surface area contributed by atoms with E-state index in [2.05, 4.69) is 9.97 Å². The van der Waals surface area contributed by atoms with Crippen LogP contribution in [0.3, 0.4) is 0 Å². The van der Waals surface area contributed by atoms with Crippen LogP contribution in [0.2, 0.25) is 5.15 Å². The third-order valence-corrected chi connectivity index (χ3v) is 2.75. The Hall–Kier alpha value is -2.48. The summed E-state index contributed by atoms with van der Waals surface area (Å²) in [5, 5.41) is 10.6. The number of nitro groups is 1. The van der Waals surface area contributed by atoms with Crippen molar-refractivity contribution in [2.45, 2.75) is 6.92 Å². The molecule has 1 aromatic heterocycles. The monoisotopic (exact) mass is 298 g/mol. The molecule has 104 valence electrons. The lowest BCUT2D eigenvalue weighted by Gasteiger charge is -2.09. The van der Waals surface area contributed by atoms with Crippen LogP contribution in [0.1, 0.15) is 5.56 Å². The van der Waals surface area contributed by atoms with Crippen LogP contribution >= 0.6 is 11.6 Å². The second-order valence-corrected chi connectivity index (χ2v) is 4.17. The molecule has 0 radical (unpaired) electrons. The maximum absolute atomic E-state index is 13.8. The minimum absolute atomic E-state index is 0.0333. The lowest BCUT2D eigenvalue weighted by atomic mass is 10.2. The number of aryl methyl sites for hydroxylation is 1. The van der Waals surface area contributed by atoms with Gasteiger partial charge in [0.1, 0.15) is 12.0 Å². The van der Waals surface area contributed by atoms with Crippen LogP contribution in [-0.4, -0.2) is 14.9 Å².